The molecule has 0 aromatic carbocycles. The predicted molar refractivity (Wildman–Crippen MR) is 129 cm³/mol. The average molecular weight is 560 g/mol. The lowest BCUT2D eigenvalue weighted by molar-refractivity contribution is -0.0288. The van der Waals surface area contributed by atoms with E-state index in [2.05, 4.69) is 11.1 Å². The number of hydrogen-bond acceptors (Lipinski definition) is 8. The molecule has 1 spiro atoms. The van der Waals surface area contributed by atoms with Crippen molar-refractivity contribution in [2.24, 2.45) is 11.3 Å². The molecular weight excluding hydrogens is 533 g/mol. The molecular formula is C22H27ClN3O8PS. The molecule has 0 bridgehead atoms. The number of aromatic nitrogens is 2. The smallest absolute Gasteiger partial charge is 0.340 e. The first-order chi connectivity index (χ1) is 16.8. The van der Waals surface area contributed by atoms with Crippen molar-refractivity contribution >= 4 is 40.1 Å². The molecule has 11 nitrogen and oxygen atoms in total. The van der Waals surface area contributed by atoms with E-state index in [-0.39, 0.29) is 5.15 Å². The van der Waals surface area contributed by atoms with E-state index < -0.39 is 53.2 Å². The van der Waals surface area contributed by atoms with Crippen LogP contribution in [0.1, 0.15) is 49.5 Å². The second-order valence-corrected chi connectivity index (χ2v) is 15.0. The van der Waals surface area contributed by atoms with Crippen LogP contribution in [0, 0.1) is 22.7 Å². The molecule has 3 aliphatic rings. The summed E-state index contributed by atoms with van der Waals surface area (Å²) >= 11 is 6.37. The van der Waals surface area contributed by atoms with Gasteiger partial charge >= 0.3 is 7.60 Å². The first kappa shape index (κ1) is 26.1. The van der Waals surface area contributed by atoms with Gasteiger partial charge in [-0.1, -0.05) is 18.0 Å². The number of aliphatic hydroxyl groups is 2. The van der Waals surface area contributed by atoms with E-state index in [0.717, 1.165) is 18.4 Å². The van der Waals surface area contributed by atoms with Crippen LogP contribution in [-0.2, 0) is 25.6 Å². The molecule has 3 fully saturated rings. The number of nitrogens with zero attached hydrogens (tertiary/aromatic N) is 3. The number of rotatable bonds is 7. The third-order valence-electron chi connectivity index (χ3n) is 7.78. The summed E-state index contributed by atoms with van der Waals surface area (Å²) in [6, 6.07) is 3.88. The summed E-state index contributed by atoms with van der Waals surface area (Å²) in [5.74, 6) is -0.450. The van der Waals surface area contributed by atoms with E-state index in [1.165, 1.54) is 23.8 Å². The fourth-order valence-electron chi connectivity index (χ4n) is 6.07. The van der Waals surface area contributed by atoms with Gasteiger partial charge < -0.3 is 29.3 Å². The van der Waals surface area contributed by atoms with Crippen LogP contribution in [-0.4, -0.2) is 67.5 Å². The van der Waals surface area contributed by atoms with Gasteiger partial charge in [0, 0.05) is 11.6 Å². The minimum absolute atomic E-state index is 0.00596. The Morgan fingerprint density at radius 1 is 1.28 bits per heavy atom. The molecule has 0 radical (unpaired) electrons. The van der Waals surface area contributed by atoms with Crippen LogP contribution in [0.3, 0.4) is 0 Å². The van der Waals surface area contributed by atoms with E-state index in [1.54, 1.807) is 12.3 Å². The number of aliphatic hydroxyl groups excluding tert-OH is 2. The highest BCUT2D eigenvalue weighted by molar-refractivity contribution is 7.97. The van der Waals surface area contributed by atoms with Crippen LogP contribution in [0.2, 0.25) is 5.15 Å². The minimum Gasteiger partial charge on any atom is -0.387 e. The van der Waals surface area contributed by atoms with E-state index in [9.17, 15) is 28.5 Å². The molecule has 14 heteroatoms. The topological polar surface area (TPSA) is 183 Å². The summed E-state index contributed by atoms with van der Waals surface area (Å²) in [7, 11) is -9.15. The van der Waals surface area contributed by atoms with Crippen LogP contribution in [0.15, 0.2) is 12.3 Å². The van der Waals surface area contributed by atoms with E-state index >= 15 is 0 Å². The molecule has 1 aliphatic heterocycles. The molecule has 2 aliphatic carbocycles. The summed E-state index contributed by atoms with van der Waals surface area (Å²) < 4.78 is 42.6. The van der Waals surface area contributed by atoms with E-state index in [1.807, 2.05) is 0 Å². The fraction of sp³-hybridized carbons (Fsp3) is 0.636. The van der Waals surface area contributed by atoms with Crippen molar-refractivity contribution in [2.75, 3.05) is 11.2 Å². The third kappa shape index (κ3) is 4.72. The van der Waals surface area contributed by atoms with Crippen molar-refractivity contribution < 1.29 is 37.7 Å². The van der Waals surface area contributed by atoms with Crippen LogP contribution in [0.5, 0.6) is 0 Å². The van der Waals surface area contributed by atoms with Crippen molar-refractivity contribution in [3.05, 3.63) is 28.5 Å². The molecule has 4 N–H and O–H groups in total. The highest BCUT2D eigenvalue weighted by Gasteiger charge is 2.49. The second-order valence-electron chi connectivity index (χ2n) is 10.4. The molecule has 0 unspecified atom stereocenters. The SMILES string of the molecule is N#Cc1c(Cl)nc2c(ccn2[C@@H]2O[C@H](CS(=O)(=O)CP(=O)(O)O)[C@@H](O)[C@H]2O)c1CC1CC2(CCC2)C1. The van der Waals surface area contributed by atoms with Crippen LogP contribution >= 0.6 is 19.2 Å². The molecule has 4 atom stereocenters. The highest BCUT2D eigenvalue weighted by Crippen LogP contribution is 2.59. The number of fused-ring (bicyclic) bond motifs is 1. The van der Waals surface area contributed by atoms with Gasteiger partial charge in [0.25, 0.3) is 0 Å². The Balaban J connectivity index is 1.42. The molecule has 1 saturated heterocycles. The summed E-state index contributed by atoms with van der Waals surface area (Å²) in [6.45, 7) is 0. The Bertz CT molecular complexity index is 1390. The largest absolute Gasteiger partial charge is 0.387 e. The quantitative estimate of drug-likeness (QED) is 0.288. The Morgan fingerprint density at radius 3 is 2.56 bits per heavy atom. The second kappa shape index (κ2) is 9.03. The monoisotopic (exact) mass is 559 g/mol. The van der Waals surface area contributed by atoms with Crippen molar-refractivity contribution in [3.8, 4) is 6.07 Å². The van der Waals surface area contributed by atoms with Gasteiger partial charge in [0.05, 0.1) is 11.3 Å². The standard InChI is InChI=1S/C22H27ClN3O8PS/c23-19-15(9-24)14(6-12-7-22(8-12)3-1-4-22)13-2-5-26(20(13)25-19)21-18(28)17(27)16(34-21)10-36(32,33)11-35(29,30)31/h2,5,12,16-18,21,27-28H,1,3-4,6-8,10-11H2,(H2,29,30,31)/t16-,17-,18-,21-/m1/s1. The lowest BCUT2D eigenvalue weighted by atomic mass is 9.51. The summed E-state index contributed by atoms with van der Waals surface area (Å²) in [4.78, 5) is 22.4. The molecule has 2 aromatic rings. The van der Waals surface area contributed by atoms with Gasteiger partial charge in [-0.3, -0.25) is 4.57 Å². The normalized spacial score (nSPS) is 28.2. The lowest BCUT2D eigenvalue weighted by Gasteiger charge is -2.54. The first-order valence-corrected chi connectivity index (χ1v) is 15.7. The summed E-state index contributed by atoms with van der Waals surface area (Å²) in [5, 5.41) is 31.5. The van der Waals surface area contributed by atoms with E-state index in [4.69, 9.17) is 26.1 Å². The Kier molecular flexibility index (Phi) is 6.54. The zero-order chi connectivity index (χ0) is 26.0. The Morgan fingerprint density at radius 2 is 1.97 bits per heavy atom. The Labute approximate surface area is 212 Å². The van der Waals surface area contributed by atoms with Crippen molar-refractivity contribution in [1.82, 2.24) is 9.55 Å². The maximum Gasteiger partial charge on any atom is 0.340 e. The van der Waals surface area contributed by atoms with Gasteiger partial charge in [0.1, 0.15) is 35.2 Å². The molecule has 196 valence electrons. The van der Waals surface area contributed by atoms with Crippen molar-refractivity contribution in [2.45, 2.75) is 63.1 Å². The van der Waals surface area contributed by atoms with Gasteiger partial charge in [0.15, 0.2) is 21.6 Å². The van der Waals surface area contributed by atoms with Gasteiger partial charge in [-0.2, -0.15) is 5.26 Å². The van der Waals surface area contributed by atoms with Crippen molar-refractivity contribution in [1.29, 1.82) is 5.26 Å². The molecule has 3 heterocycles. The molecule has 5 rings (SSSR count). The zero-order valence-corrected chi connectivity index (χ0v) is 21.7. The van der Waals surface area contributed by atoms with Crippen LogP contribution < -0.4 is 0 Å². The number of ether oxygens (including phenoxy) is 1. The molecule has 2 aromatic heterocycles. The third-order valence-corrected chi connectivity index (χ3v) is 11.8. The number of sulfone groups is 1. The van der Waals surface area contributed by atoms with Crippen LogP contribution in [0.25, 0.3) is 11.0 Å². The minimum atomic E-state index is -4.85. The number of pyridine rings is 1. The summed E-state index contributed by atoms with van der Waals surface area (Å²) in [5.41, 5.74) is 0.457. The van der Waals surface area contributed by atoms with Crippen molar-refractivity contribution in [3.63, 3.8) is 0 Å². The number of hydrogen-bond donors (Lipinski definition) is 4. The first-order valence-electron chi connectivity index (χ1n) is 11.7. The average Bonchev–Trinajstić information content (AvgIpc) is 3.22. The van der Waals surface area contributed by atoms with E-state index in [0.29, 0.717) is 34.4 Å². The maximum absolute atomic E-state index is 12.2. The van der Waals surface area contributed by atoms with Gasteiger partial charge in [0.2, 0.25) is 0 Å². The molecule has 36 heavy (non-hydrogen) atoms. The van der Waals surface area contributed by atoms with Gasteiger partial charge in [-0.25, -0.2) is 13.4 Å². The Hall–Kier alpha value is -1.55. The summed E-state index contributed by atoms with van der Waals surface area (Å²) in [6.07, 6.45) is 2.42. The zero-order valence-electron chi connectivity index (χ0n) is 19.2. The maximum atomic E-state index is 12.2. The fourth-order valence-corrected chi connectivity index (χ4v) is 9.55. The number of halogens is 1. The molecule has 0 amide bonds. The molecule has 2 saturated carbocycles. The number of nitriles is 1. The van der Waals surface area contributed by atoms with Crippen LogP contribution in [0.4, 0.5) is 0 Å². The highest BCUT2D eigenvalue weighted by atomic mass is 35.5. The van der Waals surface area contributed by atoms with Gasteiger partial charge in [-0.15, -0.1) is 0 Å². The van der Waals surface area contributed by atoms with Gasteiger partial charge in [-0.05, 0) is 55.1 Å². The lowest BCUT2D eigenvalue weighted by Crippen LogP contribution is -2.43. The predicted octanol–water partition coefficient (Wildman–Crippen LogP) is 1.85.